The van der Waals surface area contributed by atoms with E-state index in [4.69, 9.17) is 4.74 Å². The third-order valence-electron chi connectivity index (χ3n) is 4.11. The van der Waals surface area contributed by atoms with Gasteiger partial charge in [-0.05, 0) is 31.0 Å². The second kappa shape index (κ2) is 6.28. The molecule has 0 unspecified atom stereocenters. The third-order valence-corrected chi connectivity index (χ3v) is 4.11. The van der Waals surface area contributed by atoms with E-state index in [0.717, 1.165) is 18.7 Å². The monoisotopic (exact) mass is 315 g/mol. The molecule has 2 aromatic rings. The Bertz CT molecular complexity index is 712. The normalized spacial score (nSPS) is 17.3. The molecule has 2 amide bonds. The summed E-state index contributed by atoms with van der Waals surface area (Å²) in [5.41, 5.74) is 2.00. The molecular formula is C16H21N5O2. The van der Waals surface area contributed by atoms with Gasteiger partial charge in [-0.15, -0.1) is 0 Å². The first-order valence-corrected chi connectivity index (χ1v) is 7.63. The molecule has 0 aromatic carbocycles. The summed E-state index contributed by atoms with van der Waals surface area (Å²) >= 11 is 0. The van der Waals surface area contributed by atoms with Crippen molar-refractivity contribution < 1.29 is 9.53 Å². The van der Waals surface area contributed by atoms with Gasteiger partial charge >= 0.3 is 6.03 Å². The first-order valence-electron chi connectivity index (χ1n) is 7.63. The lowest BCUT2D eigenvalue weighted by Gasteiger charge is -2.18. The first-order chi connectivity index (χ1) is 11.1. The van der Waals surface area contributed by atoms with Crippen LogP contribution < -0.4 is 10.1 Å². The summed E-state index contributed by atoms with van der Waals surface area (Å²) < 4.78 is 7.04. The SMILES string of the molecule is COc1ccc(C)nc1NC(=O)N1CC[C@@H](c2cnn(C)c2)C1. The van der Waals surface area contributed by atoms with Crippen LogP contribution in [0.25, 0.3) is 0 Å². The van der Waals surface area contributed by atoms with Crippen molar-refractivity contribution >= 4 is 11.8 Å². The molecule has 1 atom stereocenters. The zero-order valence-corrected chi connectivity index (χ0v) is 13.6. The Balaban J connectivity index is 1.67. The Morgan fingerprint density at radius 2 is 2.26 bits per heavy atom. The number of aromatic nitrogens is 3. The molecule has 23 heavy (non-hydrogen) atoms. The van der Waals surface area contributed by atoms with Gasteiger partial charge in [-0.2, -0.15) is 5.10 Å². The van der Waals surface area contributed by atoms with Gasteiger partial charge in [-0.25, -0.2) is 9.78 Å². The van der Waals surface area contributed by atoms with E-state index in [1.807, 2.05) is 32.4 Å². The number of ether oxygens (including phenoxy) is 1. The summed E-state index contributed by atoms with van der Waals surface area (Å²) in [6.45, 7) is 3.29. The maximum absolute atomic E-state index is 12.5. The highest BCUT2D eigenvalue weighted by molar-refractivity contribution is 5.90. The van der Waals surface area contributed by atoms with Crippen molar-refractivity contribution in [3.05, 3.63) is 35.8 Å². The van der Waals surface area contributed by atoms with Crippen molar-refractivity contribution in [2.24, 2.45) is 7.05 Å². The lowest BCUT2D eigenvalue weighted by atomic mass is 10.0. The van der Waals surface area contributed by atoms with Gasteiger partial charge in [0, 0.05) is 37.9 Å². The number of amides is 2. The molecule has 7 heteroatoms. The number of hydrogen-bond donors (Lipinski definition) is 1. The Hall–Kier alpha value is -2.57. The fourth-order valence-corrected chi connectivity index (χ4v) is 2.85. The standard InChI is InChI=1S/C16H21N5O2/c1-11-4-5-14(23-3)15(18-11)19-16(22)21-7-6-12(10-21)13-8-17-20(2)9-13/h4-5,8-9,12H,6-7,10H2,1-3H3,(H,18,19,22)/t12-/m1/s1. The molecule has 0 saturated carbocycles. The highest BCUT2D eigenvalue weighted by atomic mass is 16.5. The number of nitrogens with one attached hydrogen (secondary N) is 1. The van der Waals surface area contributed by atoms with Crippen molar-refractivity contribution in [2.45, 2.75) is 19.3 Å². The molecule has 3 rings (SSSR count). The van der Waals surface area contributed by atoms with E-state index in [1.165, 1.54) is 5.56 Å². The van der Waals surface area contributed by atoms with Crippen LogP contribution in [0.15, 0.2) is 24.5 Å². The average Bonchev–Trinajstić information content (AvgIpc) is 3.16. The van der Waals surface area contributed by atoms with Gasteiger partial charge in [-0.3, -0.25) is 10.00 Å². The molecule has 2 aromatic heterocycles. The summed E-state index contributed by atoms with van der Waals surface area (Å²) in [5.74, 6) is 1.36. The second-order valence-corrected chi connectivity index (χ2v) is 5.81. The molecule has 1 saturated heterocycles. The van der Waals surface area contributed by atoms with Crippen LogP contribution in [0.5, 0.6) is 5.75 Å². The summed E-state index contributed by atoms with van der Waals surface area (Å²) in [4.78, 5) is 18.6. The Morgan fingerprint density at radius 1 is 1.43 bits per heavy atom. The van der Waals surface area contributed by atoms with Crippen LogP contribution in [0.3, 0.4) is 0 Å². The molecule has 1 aliphatic rings. The van der Waals surface area contributed by atoms with Gasteiger partial charge < -0.3 is 9.64 Å². The highest BCUT2D eigenvalue weighted by Crippen LogP contribution is 2.28. The minimum atomic E-state index is -0.146. The van der Waals surface area contributed by atoms with E-state index in [2.05, 4.69) is 15.4 Å². The summed E-state index contributed by atoms with van der Waals surface area (Å²) in [6, 6.07) is 3.51. The number of aryl methyl sites for hydroxylation is 2. The van der Waals surface area contributed by atoms with Crippen LogP contribution >= 0.6 is 0 Å². The molecule has 3 heterocycles. The smallest absolute Gasteiger partial charge is 0.323 e. The first kappa shape index (κ1) is 15.3. The van der Waals surface area contributed by atoms with Gasteiger partial charge in [0.1, 0.15) is 0 Å². The predicted octanol–water partition coefficient (Wildman–Crippen LogP) is 2.15. The van der Waals surface area contributed by atoms with Gasteiger partial charge in [0.15, 0.2) is 11.6 Å². The fourth-order valence-electron chi connectivity index (χ4n) is 2.85. The number of methoxy groups -OCH3 is 1. The van der Waals surface area contributed by atoms with E-state index in [0.29, 0.717) is 24.0 Å². The summed E-state index contributed by atoms with van der Waals surface area (Å²) in [6.07, 6.45) is 4.83. The lowest BCUT2D eigenvalue weighted by molar-refractivity contribution is 0.221. The van der Waals surface area contributed by atoms with Crippen LogP contribution in [0, 0.1) is 6.92 Å². The molecule has 1 N–H and O–H groups in total. The topological polar surface area (TPSA) is 72.3 Å². The van der Waals surface area contributed by atoms with E-state index >= 15 is 0 Å². The molecule has 7 nitrogen and oxygen atoms in total. The van der Waals surface area contributed by atoms with Crippen molar-refractivity contribution in [1.82, 2.24) is 19.7 Å². The average molecular weight is 315 g/mol. The van der Waals surface area contributed by atoms with Gasteiger partial charge in [0.25, 0.3) is 0 Å². The Morgan fingerprint density at radius 3 is 2.96 bits per heavy atom. The maximum Gasteiger partial charge on any atom is 0.323 e. The highest BCUT2D eigenvalue weighted by Gasteiger charge is 2.28. The number of rotatable bonds is 3. The number of carbonyl (C=O) groups excluding carboxylic acids is 1. The van der Waals surface area contributed by atoms with Crippen molar-refractivity contribution in [1.29, 1.82) is 0 Å². The molecule has 0 spiro atoms. The van der Waals surface area contributed by atoms with Crippen LogP contribution in [0.4, 0.5) is 10.6 Å². The summed E-state index contributed by atoms with van der Waals surface area (Å²) in [5, 5.41) is 7.05. The maximum atomic E-state index is 12.5. The molecule has 122 valence electrons. The quantitative estimate of drug-likeness (QED) is 0.942. The van der Waals surface area contributed by atoms with Crippen molar-refractivity contribution in [3.63, 3.8) is 0 Å². The molecule has 0 bridgehead atoms. The molecule has 1 aliphatic heterocycles. The number of anilines is 1. The second-order valence-electron chi connectivity index (χ2n) is 5.81. The van der Waals surface area contributed by atoms with Crippen LogP contribution in [0.2, 0.25) is 0 Å². The van der Waals surface area contributed by atoms with Crippen LogP contribution in [0.1, 0.15) is 23.6 Å². The lowest BCUT2D eigenvalue weighted by Crippen LogP contribution is -2.33. The Kier molecular flexibility index (Phi) is 4.18. The largest absolute Gasteiger partial charge is 0.493 e. The predicted molar refractivity (Wildman–Crippen MR) is 86.7 cm³/mol. The number of pyridine rings is 1. The minimum absolute atomic E-state index is 0.146. The van der Waals surface area contributed by atoms with Crippen molar-refractivity contribution in [3.8, 4) is 5.75 Å². The van der Waals surface area contributed by atoms with E-state index < -0.39 is 0 Å². The number of carbonyl (C=O) groups is 1. The minimum Gasteiger partial charge on any atom is -0.493 e. The van der Waals surface area contributed by atoms with Gasteiger partial charge in [0.2, 0.25) is 0 Å². The molecular weight excluding hydrogens is 294 g/mol. The Labute approximate surface area is 135 Å². The van der Waals surface area contributed by atoms with Crippen molar-refractivity contribution in [2.75, 3.05) is 25.5 Å². The molecule has 0 radical (unpaired) electrons. The van der Waals surface area contributed by atoms with Gasteiger partial charge in [-0.1, -0.05) is 0 Å². The summed E-state index contributed by atoms with van der Waals surface area (Å²) in [7, 11) is 3.47. The van der Waals surface area contributed by atoms with E-state index in [1.54, 1.807) is 22.8 Å². The fraction of sp³-hybridized carbons (Fsp3) is 0.438. The molecule has 0 aliphatic carbocycles. The van der Waals surface area contributed by atoms with Gasteiger partial charge in [0.05, 0.1) is 13.3 Å². The number of likely N-dealkylation sites (tertiary alicyclic amines) is 1. The third kappa shape index (κ3) is 3.28. The van der Waals surface area contributed by atoms with Crippen LogP contribution in [-0.2, 0) is 7.05 Å². The number of nitrogens with zero attached hydrogens (tertiary/aromatic N) is 4. The zero-order chi connectivity index (χ0) is 16.4. The number of hydrogen-bond acceptors (Lipinski definition) is 4. The van der Waals surface area contributed by atoms with E-state index in [-0.39, 0.29) is 6.03 Å². The van der Waals surface area contributed by atoms with E-state index in [9.17, 15) is 4.79 Å². The zero-order valence-electron chi connectivity index (χ0n) is 13.6. The number of urea groups is 1. The van der Waals surface area contributed by atoms with Crippen LogP contribution in [-0.4, -0.2) is 45.9 Å². The molecule has 1 fully saturated rings.